The van der Waals surface area contributed by atoms with Crippen LogP contribution in [0.4, 0.5) is 0 Å². The summed E-state index contributed by atoms with van der Waals surface area (Å²) in [6.45, 7) is -0.753. The van der Waals surface area contributed by atoms with Crippen LogP contribution in [-0.4, -0.2) is 103 Å². The molecule has 0 aromatic carbocycles. The van der Waals surface area contributed by atoms with E-state index in [9.17, 15) is 49.2 Å². The predicted molar refractivity (Wildman–Crippen MR) is 99.5 cm³/mol. The van der Waals surface area contributed by atoms with E-state index in [0.29, 0.717) is 4.90 Å². The molecule has 0 spiro atoms. The fraction of sp³-hybridized carbons (Fsp3) is 0.647. The summed E-state index contributed by atoms with van der Waals surface area (Å²) in [6, 6.07) is -1.81. The number of carboxylic acids is 3. The quantitative estimate of drug-likeness (QED) is 0.131. The summed E-state index contributed by atoms with van der Waals surface area (Å²) in [7, 11) is 0. The number of hydrogen-bond donors (Lipinski definition) is 7. The summed E-state index contributed by atoms with van der Waals surface area (Å²) in [5.41, 5.74) is -0.400. The summed E-state index contributed by atoms with van der Waals surface area (Å²) >= 11 is 0. The summed E-state index contributed by atoms with van der Waals surface area (Å²) in [6.07, 6.45) is -3.60. The van der Waals surface area contributed by atoms with Crippen LogP contribution in [0.25, 0.3) is 0 Å². The second kappa shape index (κ2) is 10.8. The van der Waals surface area contributed by atoms with Crippen molar-refractivity contribution in [3.8, 4) is 0 Å². The molecule has 0 aliphatic carbocycles. The molecule has 2 amide bonds. The van der Waals surface area contributed by atoms with Crippen molar-refractivity contribution in [2.24, 2.45) is 5.73 Å². The van der Waals surface area contributed by atoms with E-state index in [0.717, 1.165) is 0 Å². The van der Waals surface area contributed by atoms with Crippen molar-refractivity contribution in [2.45, 2.75) is 49.5 Å². The number of ether oxygens (including phenoxy) is 1. The average molecular weight is 463 g/mol. The highest BCUT2D eigenvalue weighted by Crippen LogP contribution is 2.31. The molecular formula is C17H25N3O12. The predicted octanol–water partition coefficient (Wildman–Crippen LogP) is -3.56. The molecule has 180 valence electrons. The number of rotatable bonds is 13. The summed E-state index contributed by atoms with van der Waals surface area (Å²) < 4.78 is 4.57. The zero-order valence-corrected chi connectivity index (χ0v) is 16.9. The van der Waals surface area contributed by atoms with Crippen LogP contribution < -0.4 is 11.1 Å². The van der Waals surface area contributed by atoms with Crippen molar-refractivity contribution >= 4 is 35.7 Å². The maximum absolute atomic E-state index is 12.1. The van der Waals surface area contributed by atoms with Crippen molar-refractivity contribution in [1.29, 1.82) is 0 Å². The number of aliphatic hydroxyl groups is 2. The highest BCUT2D eigenvalue weighted by molar-refractivity contribution is 5.93. The van der Waals surface area contributed by atoms with E-state index in [4.69, 9.17) is 10.8 Å². The summed E-state index contributed by atoms with van der Waals surface area (Å²) in [5.74, 6) is -8.43. The lowest BCUT2D eigenvalue weighted by Crippen LogP contribution is -2.59. The Balaban J connectivity index is 2.78. The fourth-order valence-corrected chi connectivity index (χ4v) is 3.09. The molecule has 32 heavy (non-hydrogen) atoms. The molecule has 3 unspecified atom stereocenters. The van der Waals surface area contributed by atoms with Crippen LogP contribution in [0.1, 0.15) is 32.1 Å². The molecule has 1 aliphatic rings. The maximum Gasteiger partial charge on any atom is 0.357 e. The number of hydrogen-bond acceptors (Lipinski definition) is 10. The van der Waals surface area contributed by atoms with Gasteiger partial charge in [-0.1, -0.05) is 0 Å². The van der Waals surface area contributed by atoms with E-state index in [1.165, 1.54) is 0 Å². The number of esters is 1. The molecule has 0 saturated carbocycles. The van der Waals surface area contributed by atoms with Crippen LogP contribution in [0.2, 0.25) is 0 Å². The number of aliphatic carboxylic acids is 3. The average Bonchev–Trinajstić information content (AvgIpc) is 2.99. The van der Waals surface area contributed by atoms with Crippen LogP contribution in [0.5, 0.6) is 0 Å². The van der Waals surface area contributed by atoms with E-state index in [2.05, 4.69) is 10.1 Å². The van der Waals surface area contributed by atoms with Gasteiger partial charge in [-0.05, 0) is 6.42 Å². The van der Waals surface area contributed by atoms with Gasteiger partial charge in [0.15, 0.2) is 5.60 Å². The third-order valence-corrected chi connectivity index (χ3v) is 4.70. The highest BCUT2D eigenvalue weighted by Gasteiger charge is 2.54. The van der Waals surface area contributed by atoms with Gasteiger partial charge in [0.25, 0.3) is 0 Å². The zero-order chi connectivity index (χ0) is 24.7. The SMILES string of the molecule is NCCOC(=O)CC(O)(CC(=O)NCCC(C(=O)O)N1C(=O)CCC1(O)C(=O)O)C(=O)O. The molecule has 1 aliphatic heterocycles. The molecule has 8 N–H and O–H groups in total. The molecule has 1 fully saturated rings. The molecule has 1 heterocycles. The summed E-state index contributed by atoms with van der Waals surface area (Å²) in [5, 5.41) is 50.1. The Morgan fingerprint density at radius 3 is 2.31 bits per heavy atom. The van der Waals surface area contributed by atoms with Crippen LogP contribution in [0.15, 0.2) is 0 Å². The Kier molecular flexibility index (Phi) is 9.05. The molecule has 15 nitrogen and oxygen atoms in total. The van der Waals surface area contributed by atoms with E-state index in [1.807, 2.05) is 0 Å². The van der Waals surface area contributed by atoms with Crippen LogP contribution in [-0.2, 0) is 33.5 Å². The molecule has 3 atom stereocenters. The number of likely N-dealkylation sites (tertiary alicyclic amines) is 1. The van der Waals surface area contributed by atoms with Crippen LogP contribution in [0.3, 0.4) is 0 Å². The smallest absolute Gasteiger partial charge is 0.357 e. The van der Waals surface area contributed by atoms with Gasteiger partial charge in [-0.25, -0.2) is 14.4 Å². The third-order valence-electron chi connectivity index (χ3n) is 4.70. The fourth-order valence-electron chi connectivity index (χ4n) is 3.09. The molecular weight excluding hydrogens is 438 g/mol. The van der Waals surface area contributed by atoms with E-state index in [-0.39, 0.29) is 13.2 Å². The number of nitrogens with two attached hydrogens (primary N) is 1. The molecule has 0 radical (unpaired) electrons. The van der Waals surface area contributed by atoms with Gasteiger partial charge in [-0.15, -0.1) is 0 Å². The first-order valence-corrected chi connectivity index (χ1v) is 9.37. The Bertz CT molecular complexity index is 787. The Morgan fingerprint density at radius 2 is 1.81 bits per heavy atom. The highest BCUT2D eigenvalue weighted by atomic mass is 16.5. The van der Waals surface area contributed by atoms with Crippen molar-refractivity contribution in [1.82, 2.24) is 10.2 Å². The van der Waals surface area contributed by atoms with Gasteiger partial charge >= 0.3 is 23.9 Å². The monoisotopic (exact) mass is 463 g/mol. The minimum Gasteiger partial charge on any atom is -0.480 e. The first kappa shape index (κ1) is 26.7. The van der Waals surface area contributed by atoms with Crippen LogP contribution >= 0.6 is 0 Å². The molecule has 0 bridgehead atoms. The number of carbonyl (C=O) groups excluding carboxylic acids is 3. The summed E-state index contributed by atoms with van der Waals surface area (Å²) in [4.78, 5) is 70.1. The van der Waals surface area contributed by atoms with Gasteiger partial charge < -0.3 is 41.3 Å². The second-order valence-electron chi connectivity index (χ2n) is 7.08. The second-order valence-corrected chi connectivity index (χ2v) is 7.08. The number of carboxylic acid groups (broad SMARTS) is 3. The number of nitrogens with zero attached hydrogens (tertiary/aromatic N) is 1. The van der Waals surface area contributed by atoms with E-state index >= 15 is 0 Å². The Labute approximate surface area is 180 Å². The molecule has 0 aromatic heterocycles. The lowest BCUT2D eigenvalue weighted by Gasteiger charge is -2.34. The van der Waals surface area contributed by atoms with E-state index < -0.39 is 91.7 Å². The molecule has 1 rings (SSSR count). The Hall–Kier alpha value is -3.30. The molecule has 15 heteroatoms. The van der Waals surface area contributed by atoms with Crippen molar-refractivity contribution in [3.63, 3.8) is 0 Å². The first-order chi connectivity index (χ1) is 14.8. The zero-order valence-electron chi connectivity index (χ0n) is 16.9. The van der Waals surface area contributed by atoms with Gasteiger partial charge in [0.1, 0.15) is 12.6 Å². The maximum atomic E-state index is 12.1. The lowest BCUT2D eigenvalue weighted by atomic mass is 9.95. The van der Waals surface area contributed by atoms with E-state index in [1.54, 1.807) is 0 Å². The Morgan fingerprint density at radius 1 is 1.19 bits per heavy atom. The van der Waals surface area contributed by atoms with Gasteiger partial charge in [0.05, 0.1) is 12.8 Å². The molecule has 0 aromatic rings. The van der Waals surface area contributed by atoms with Gasteiger partial charge in [0.2, 0.25) is 17.5 Å². The van der Waals surface area contributed by atoms with Gasteiger partial charge in [0, 0.05) is 25.9 Å². The van der Waals surface area contributed by atoms with Crippen molar-refractivity contribution in [2.75, 3.05) is 19.7 Å². The van der Waals surface area contributed by atoms with Gasteiger partial charge in [-0.2, -0.15) is 0 Å². The number of amides is 2. The first-order valence-electron chi connectivity index (χ1n) is 9.37. The van der Waals surface area contributed by atoms with Crippen LogP contribution in [0, 0.1) is 0 Å². The lowest BCUT2D eigenvalue weighted by molar-refractivity contribution is -0.188. The topological polar surface area (TPSA) is 254 Å². The minimum absolute atomic E-state index is 0.0427. The largest absolute Gasteiger partial charge is 0.480 e. The molecule has 1 saturated heterocycles. The standard InChI is InChI=1S/C17H25N3O12/c18-4-6-32-12(23)8-16(30,14(26)27)7-10(21)19-5-2-9(13(24)25)20-11(22)1-3-17(20,31)15(28)29/h9,30-31H,1-8,18H2,(H,19,21)(H,24,25)(H,26,27)(H,28,29). The third kappa shape index (κ3) is 6.35. The van der Waals surface area contributed by atoms with Gasteiger partial charge in [-0.3, -0.25) is 19.3 Å². The van der Waals surface area contributed by atoms with Crippen molar-refractivity contribution < 1.29 is 59.0 Å². The number of carbonyl (C=O) groups is 6. The minimum atomic E-state index is -2.81. The number of nitrogens with one attached hydrogen (secondary N) is 1. The van der Waals surface area contributed by atoms with Crippen molar-refractivity contribution in [3.05, 3.63) is 0 Å². The normalized spacial score (nSPS) is 20.8.